The standard InChI is InChI=1S/C13H19N3O2/c1-13(2)5-9-10(12(17)14-7-13)16-11(15-9)8-3-4-18-6-8/h8H,3-7H2,1-2H3,(H,14,17)(H,15,16)/t8-/m0/s1. The predicted octanol–water partition coefficient (Wildman–Crippen LogP) is 1.23. The molecule has 0 spiro atoms. The lowest BCUT2D eigenvalue weighted by Crippen LogP contribution is -2.32. The minimum Gasteiger partial charge on any atom is -0.381 e. The van der Waals surface area contributed by atoms with Gasteiger partial charge >= 0.3 is 0 Å². The predicted molar refractivity (Wildman–Crippen MR) is 66.6 cm³/mol. The van der Waals surface area contributed by atoms with E-state index in [2.05, 4.69) is 29.1 Å². The van der Waals surface area contributed by atoms with E-state index in [1.165, 1.54) is 0 Å². The number of hydrogen-bond donors (Lipinski definition) is 2. The smallest absolute Gasteiger partial charge is 0.271 e. The van der Waals surface area contributed by atoms with Crippen molar-refractivity contribution >= 4 is 5.91 Å². The van der Waals surface area contributed by atoms with Gasteiger partial charge in [-0.05, 0) is 18.3 Å². The molecule has 1 amide bonds. The highest BCUT2D eigenvalue weighted by molar-refractivity contribution is 5.94. The zero-order valence-corrected chi connectivity index (χ0v) is 10.9. The molecule has 98 valence electrons. The van der Waals surface area contributed by atoms with Gasteiger partial charge in [-0.15, -0.1) is 0 Å². The summed E-state index contributed by atoms with van der Waals surface area (Å²) in [7, 11) is 0. The number of ether oxygens (including phenoxy) is 1. The summed E-state index contributed by atoms with van der Waals surface area (Å²) >= 11 is 0. The Morgan fingerprint density at radius 1 is 1.44 bits per heavy atom. The highest BCUT2D eigenvalue weighted by Gasteiger charge is 2.31. The second-order valence-corrected chi connectivity index (χ2v) is 6.03. The summed E-state index contributed by atoms with van der Waals surface area (Å²) in [6.45, 7) is 6.49. The van der Waals surface area contributed by atoms with Crippen LogP contribution in [0, 0.1) is 5.41 Å². The van der Waals surface area contributed by atoms with Gasteiger partial charge in [0.2, 0.25) is 0 Å². The number of rotatable bonds is 1. The molecule has 0 aliphatic carbocycles. The molecule has 0 saturated carbocycles. The normalized spacial score (nSPS) is 26.6. The fourth-order valence-electron chi connectivity index (χ4n) is 2.63. The maximum Gasteiger partial charge on any atom is 0.271 e. The van der Waals surface area contributed by atoms with Gasteiger partial charge in [-0.3, -0.25) is 4.79 Å². The minimum atomic E-state index is -0.0583. The summed E-state index contributed by atoms with van der Waals surface area (Å²) in [5.74, 6) is 1.16. The van der Waals surface area contributed by atoms with E-state index in [0.29, 0.717) is 24.8 Å². The molecule has 1 aromatic rings. The molecule has 1 atom stereocenters. The summed E-state index contributed by atoms with van der Waals surface area (Å²) in [5, 5.41) is 2.94. The fourth-order valence-corrected chi connectivity index (χ4v) is 2.63. The van der Waals surface area contributed by atoms with Crippen LogP contribution in [0.25, 0.3) is 0 Å². The van der Waals surface area contributed by atoms with E-state index in [4.69, 9.17) is 4.74 Å². The Labute approximate surface area is 106 Å². The number of nitrogens with one attached hydrogen (secondary N) is 2. The van der Waals surface area contributed by atoms with Gasteiger partial charge in [0.1, 0.15) is 11.5 Å². The van der Waals surface area contributed by atoms with Crippen LogP contribution in [-0.2, 0) is 11.2 Å². The van der Waals surface area contributed by atoms with Crippen LogP contribution in [0.2, 0.25) is 0 Å². The molecule has 1 aromatic heterocycles. The Kier molecular flexibility index (Phi) is 2.66. The lowest BCUT2D eigenvalue weighted by atomic mass is 9.88. The number of aromatic amines is 1. The zero-order chi connectivity index (χ0) is 12.8. The van der Waals surface area contributed by atoms with E-state index in [0.717, 1.165) is 31.0 Å². The van der Waals surface area contributed by atoms with Crippen LogP contribution in [0.5, 0.6) is 0 Å². The number of nitrogens with zero attached hydrogens (tertiary/aromatic N) is 1. The SMILES string of the molecule is CC1(C)CNC(=O)c2nc([C@H]3CCOC3)[nH]c2C1. The number of imidazole rings is 1. The highest BCUT2D eigenvalue weighted by Crippen LogP contribution is 2.28. The molecule has 2 aliphatic heterocycles. The van der Waals surface area contributed by atoms with Gasteiger partial charge in [-0.2, -0.15) is 0 Å². The van der Waals surface area contributed by atoms with Gasteiger partial charge in [0.15, 0.2) is 0 Å². The molecule has 0 unspecified atom stereocenters. The quantitative estimate of drug-likeness (QED) is 0.786. The van der Waals surface area contributed by atoms with E-state index in [1.807, 2.05) is 0 Å². The van der Waals surface area contributed by atoms with Gasteiger partial charge in [0, 0.05) is 24.8 Å². The number of amides is 1. The van der Waals surface area contributed by atoms with Crippen molar-refractivity contribution < 1.29 is 9.53 Å². The third-order valence-corrected chi connectivity index (χ3v) is 3.71. The average molecular weight is 249 g/mol. The van der Waals surface area contributed by atoms with E-state index in [1.54, 1.807) is 0 Å². The first-order valence-corrected chi connectivity index (χ1v) is 6.50. The molecule has 0 bridgehead atoms. The Morgan fingerprint density at radius 3 is 3.00 bits per heavy atom. The molecule has 5 nitrogen and oxygen atoms in total. The number of carbonyl (C=O) groups is 1. The van der Waals surface area contributed by atoms with Crippen LogP contribution < -0.4 is 5.32 Å². The van der Waals surface area contributed by atoms with E-state index in [9.17, 15) is 4.79 Å². The first-order valence-electron chi connectivity index (χ1n) is 6.50. The molecule has 1 fully saturated rings. The lowest BCUT2D eigenvalue weighted by Gasteiger charge is -2.21. The van der Waals surface area contributed by atoms with E-state index < -0.39 is 0 Å². The van der Waals surface area contributed by atoms with Crippen LogP contribution in [-0.4, -0.2) is 35.6 Å². The van der Waals surface area contributed by atoms with E-state index >= 15 is 0 Å². The molecule has 1 saturated heterocycles. The highest BCUT2D eigenvalue weighted by atomic mass is 16.5. The molecule has 18 heavy (non-hydrogen) atoms. The number of H-pyrrole nitrogens is 1. The second kappa shape index (κ2) is 4.09. The molecule has 3 rings (SSSR count). The van der Waals surface area contributed by atoms with Crippen molar-refractivity contribution in [1.82, 2.24) is 15.3 Å². The van der Waals surface area contributed by atoms with Gasteiger partial charge in [0.05, 0.1) is 6.61 Å². The number of fused-ring (bicyclic) bond motifs is 1. The molecule has 3 heterocycles. The van der Waals surface area contributed by atoms with Crippen molar-refractivity contribution in [3.8, 4) is 0 Å². The summed E-state index contributed by atoms with van der Waals surface area (Å²) in [4.78, 5) is 19.8. The van der Waals surface area contributed by atoms with Crippen molar-refractivity contribution in [3.05, 3.63) is 17.2 Å². The van der Waals surface area contributed by atoms with Crippen molar-refractivity contribution in [1.29, 1.82) is 0 Å². The van der Waals surface area contributed by atoms with Gasteiger partial charge < -0.3 is 15.0 Å². The topological polar surface area (TPSA) is 67.0 Å². The number of hydrogen-bond acceptors (Lipinski definition) is 3. The molecular formula is C13H19N3O2. The summed E-state index contributed by atoms with van der Waals surface area (Å²) in [6, 6.07) is 0. The minimum absolute atomic E-state index is 0.0583. The van der Waals surface area contributed by atoms with Crippen LogP contribution >= 0.6 is 0 Å². The molecular weight excluding hydrogens is 230 g/mol. The third-order valence-electron chi connectivity index (χ3n) is 3.71. The maximum absolute atomic E-state index is 12.0. The monoisotopic (exact) mass is 249 g/mol. The number of aromatic nitrogens is 2. The lowest BCUT2D eigenvalue weighted by molar-refractivity contribution is 0.0940. The number of carbonyl (C=O) groups excluding carboxylic acids is 1. The van der Waals surface area contributed by atoms with Gasteiger partial charge in [0.25, 0.3) is 5.91 Å². The van der Waals surface area contributed by atoms with Crippen LogP contribution in [0.3, 0.4) is 0 Å². The van der Waals surface area contributed by atoms with Crippen LogP contribution in [0.15, 0.2) is 0 Å². The average Bonchev–Trinajstić information content (AvgIpc) is 2.91. The fraction of sp³-hybridized carbons (Fsp3) is 0.692. The Balaban J connectivity index is 1.94. The van der Waals surface area contributed by atoms with Crippen LogP contribution in [0.4, 0.5) is 0 Å². The Morgan fingerprint density at radius 2 is 2.28 bits per heavy atom. The first kappa shape index (κ1) is 11.7. The van der Waals surface area contributed by atoms with Crippen molar-refractivity contribution in [2.75, 3.05) is 19.8 Å². The zero-order valence-electron chi connectivity index (χ0n) is 10.9. The third kappa shape index (κ3) is 2.03. The Bertz CT molecular complexity index is 473. The summed E-state index contributed by atoms with van der Waals surface area (Å²) in [6.07, 6.45) is 1.83. The van der Waals surface area contributed by atoms with Crippen molar-refractivity contribution in [2.24, 2.45) is 5.41 Å². The summed E-state index contributed by atoms with van der Waals surface area (Å²) < 4.78 is 5.38. The van der Waals surface area contributed by atoms with Gasteiger partial charge in [-0.1, -0.05) is 13.8 Å². The molecule has 0 aromatic carbocycles. The van der Waals surface area contributed by atoms with Crippen molar-refractivity contribution in [2.45, 2.75) is 32.6 Å². The first-order chi connectivity index (χ1) is 8.55. The van der Waals surface area contributed by atoms with E-state index in [-0.39, 0.29) is 11.3 Å². The summed E-state index contributed by atoms with van der Waals surface area (Å²) in [5.41, 5.74) is 1.61. The van der Waals surface area contributed by atoms with Crippen LogP contribution in [0.1, 0.15) is 48.2 Å². The van der Waals surface area contributed by atoms with Gasteiger partial charge in [-0.25, -0.2) is 4.98 Å². The maximum atomic E-state index is 12.0. The largest absolute Gasteiger partial charge is 0.381 e. The van der Waals surface area contributed by atoms with Crippen molar-refractivity contribution in [3.63, 3.8) is 0 Å². The Hall–Kier alpha value is -1.36. The second-order valence-electron chi connectivity index (χ2n) is 6.03. The molecule has 2 N–H and O–H groups in total. The molecule has 2 aliphatic rings. The molecule has 0 radical (unpaired) electrons. The molecule has 5 heteroatoms.